The van der Waals surface area contributed by atoms with Crippen molar-refractivity contribution in [2.45, 2.75) is 38.5 Å². The van der Waals surface area contributed by atoms with E-state index in [9.17, 15) is 19.2 Å². The molecule has 1 aromatic rings. The summed E-state index contributed by atoms with van der Waals surface area (Å²) in [6.45, 7) is 5.16. The Balaban J connectivity index is 1.07. The first-order chi connectivity index (χ1) is 18.0. The molecule has 198 valence electrons. The first kappa shape index (κ1) is 26.3. The molecule has 1 saturated carbocycles. The number of carbonyl (C=O) groups is 4. The molecule has 0 spiro atoms. The average molecular weight is 511 g/mol. The molecule has 2 atom stereocenters. The van der Waals surface area contributed by atoms with Gasteiger partial charge >= 0.3 is 6.09 Å². The van der Waals surface area contributed by atoms with E-state index in [0.29, 0.717) is 62.1 Å². The van der Waals surface area contributed by atoms with Crippen LogP contribution in [0.5, 0.6) is 0 Å². The lowest BCUT2D eigenvalue weighted by atomic mass is 10.1. The van der Waals surface area contributed by atoms with Crippen LogP contribution in [0.4, 0.5) is 10.7 Å². The van der Waals surface area contributed by atoms with Gasteiger partial charge in [0.25, 0.3) is 0 Å². The van der Waals surface area contributed by atoms with E-state index >= 15 is 0 Å². The van der Waals surface area contributed by atoms with Crippen molar-refractivity contribution in [2.75, 3.05) is 44.2 Å². The minimum atomic E-state index is -0.461. The number of alkyl carbamates (subject to hydrolysis) is 1. The van der Waals surface area contributed by atoms with Crippen molar-refractivity contribution in [1.29, 1.82) is 0 Å². The van der Waals surface area contributed by atoms with E-state index in [2.05, 4.69) is 29.1 Å². The number of hydrogen-bond acceptors (Lipinski definition) is 6. The van der Waals surface area contributed by atoms with Gasteiger partial charge in [0.1, 0.15) is 12.3 Å². The molecule has 3 aliphatic rings. The number of nitrogens with zero attached hydrogens (tertiary/aromatic N) is 2. The van der Waals surface area contributed by atoms with Crippen LogP contribution in [0, 0.1) is 29.6 Å². The second-order valence-electron chi connectivity index (χ2n) is 9.55. The topological polar surface area (TPSA) is 121 Å². The number of ether oxygens (including phenoxy) is 1. The highest BCUT2D eigenvalue weighted by atomic mass is 16.5. The largest absolute Gasteiger partial charge is 0.449 e. The van der Waals surface area contributed by atoms with Crippen LogP contribution in [0.2, 0.25) is 0 Å². The van der Waals surface area contributed by atoms with Crippen molar-refractivity contribution < 1.29 is 28.3 Å². The highest BCUT2D eigenvalue weighted by molar-refractivity contribution is 5.98. The Labute approximate surface area is 216 Å². The van der Waals surface area contributed by atoms with Crippen LogP contribution in [0.25, 0.3) is 0 Å². The van der Waals surface area contributed by atoms with Crippen molar-refractivity contribution in [2.24, 2.45) is 17.8 Å². The van der Waals surface area contributed by atoms with Crippen molar-refractivity contribution in [3.05, 3.63) is 30.5 Å². The van der Waals surface area contributed by atoms with Crippen molar-refractivity contribution in [3.63, 3.8) is 0 Å². The molecule has 0 aromatic carbocycles. The van der Waals surface area contributed by atoms with Crippen LogP contribution in [-0.4, -0.2) is 68.0 Å². The molecule has 2 fully saturated rings. The highest BCUT2D eigenvalue weighted by Gasteiger charge is 2.49. The lowest BCUT2D eigenvalue weighted by molar-refractivity contribution is -0.133. The molecular weight excluding hydrogens is 476 g/mol. The zero-order valence-electron chi connectivity index (χ0n) is 21.0. The number of furan rings is 1. The summed E-state index contributed by atoms with van der Waals surface area (Å²) < 4.78 is 11.1. The Bertz CT molecular complexity index is 1070. The molecule has 2 N–H and O–H groups in total. The molecule has 1 aromatic heterocycles. The number of piperazine rings is 1. The van der Waals surface area contributed by atoms with Crippen LogP contribution in [0.3, 0.4) is 0 Å². The molecule has 10 heteroatoms. The molecule has 2 heterocycles. The molecule has 1 aliphatic heterocycles. The molecule has 4 amide bonds. The molecular formula is C27H34N4O6. The van der Waals surface area contributed by atoms with Gasteiger partial charge in [-0.1, -0.05) is 6.58 Å². The van der Waals surface area contributed by atoms with Gasteiger partial charge in [0.15, 0.2) is 0 Å². The predicted molar refractivity (Wildman–Crippen MR) is 135 cm³/mol. The summed E-state index contributed by atoms with van der Waals surface area (Å²) in [6.07, 6.45) is 5.36. The maximum Gasteiger partial charge on any atom is 0.407 e. The monoisotopic (exact) mass is 510 g/mol. The van der Waals surface area contributed by atoms with E-state index < -0.39 is 6.09 Å². The third-order valence-electron chi connectivity index (χ3n) is 7.18. The average Bonchev–Trinajstić information content (AvgIpc) is 3.29. The van der Waals surface area contributed by atoms with Gasteiger partial charge in [0, 0.05) is 57.9 Å². The van der Waals surface area contributed by atoms with Gasteiger partial charge in [-0.25, -0.2) is 4.79 Å². The number of nitrogens with one attached hydrogen (secondary N) is 2. The van der Waals surface area contributed by atoms with Gasteiger partial charge in [-0.2, -0.15) is 0 Å². The second-order valence-corrected chi connectivity index (χ2v) is 9.55. The molecule has 0 radical (unpaired) electrons. The standard InChI is InChI=1S/C27H34N4O6/c1-2-24(33)30-15-16-31(25(34)17-30)26-12-10-19(37-26)9-11-23(32)28-13-14-29-27(35)36-18-22-20-7-5-3-4-6-8-21(20)22/h2,10,12,20-22H,1,5-9,11,13-18H2,(H,28,32)(H,29,35). The number of hydrogen-bond donors (Lipinski definition) is 2. The van der Waals surface area contributed by atoms with E-state index in [1.54, 1.807) is 12.1 Å². The zero-order chi connectivity index (χ0) is 26.2. The van der Waals surface area contributed by atoms with Crippen LogP contribution in [-0.2, 0) is 25.5 Å². The van der Waals surface area contributed by atoms with Crippen LogP contribution in [0.1, 0.15) is 37.9 Å². The molecule has 2 aliphatic carbocycles. The van der Waals surface area contributed by atoms with E-state index in [-0.39, 0.29) is 37.2 Å². The van der Waals surface area contributed by atoms with Gasteiger partial charge < -0.3 is 24.7 Å². The fraction of sp³-hybridized carbons (Fsp3) is 0.556. The number of aryl methyl sites for hydroxylation is 1. The minimum absolute atomic E-state index is 0.0259. The Hall–Kier alpha value is -3.74. The van der Waals surface area contributed by atoms with E-state index in [1.807, 2.05) is 0 Å². The highest BCUT2D eigenvalue weighted by Crippen LogP contribution is 2.52. The van der Waals surface area contributed by atoms with Gasteiger partial charge in [0.2, 0.25) is 23.6 Å². The summed E-state index contributed by atoms with van der Waals surface area (Å²) in [5.41, 5.74) is 0. The summed E-state index contributed by atoms with van der Waals surface area (Å²) in [5.74, 6) is 8.37. The molecule has 0 bridgehead atoms. The number of carbonyl (C=O) groups excluding carboxylic acids is 4. The maximum atomic E-state index is 12.4. The fourth-order valence-corrected chi connectivity index (χ4v) is 5.07. The summed E-state index contributed by atoms with van der Waals surface area (Å²) in [7, 11) is 0. The third-order valence-corrected chi connectivity index (χ3v) is 7.18. The summed E-state index contributed by atoms with van der Waals surface area (Å²) >= 11 is 0. The van der Waals surface area contributed by atoms with Gasteiger partial charge in [-0.3, -0.25) is 19.3 Å². The number of fused-ring (bicyclic) bond motifs is 1. The normalized spacial score (nSPS) is 22.5. The Morgan fingerprint density at radius 1 is 1.11 bits per heavy atom. The Morgan fingerprint density at radius 3 is 2.54 bits per heavy atom. The quantitative estimate of drug-likeness (QED) is 0.282. The first-order valence-corrected chi connectivity index (χ1v) is 12.9. The number of amides is 4. The zero-order valence-corrected chi connectivity index (χ0v) is 21.0. The van der Waals surface area contributed by atoms with E-state index in [0.717, 1.165) is 25.7 Å². The van der Waals surface area contributed by atoms with Crippen molar-refractivity contribution in [3.8, 4) is 11.8 Å². The first-order valence-electron chi connectivity index (χ1n) is 12.9. The predicted octanol–water partition coefficient (Wildman–Crippen LogP) is 1.86. The van der Waals surface area contributed by atoms with E-state index in [1.165, 1.54) is 15.9 Å². The lowest BCUT2D eigenvalue weighted by Crippen LogP contribution is -2.52. The molecule has 37 heavy (non-hydrogen) atoms. The minimum Gasteiger partial charge on any atom is -0.449 e. The van der Waals surface area contributed by atoms with Crippen LogP contribution in [0.15, 0.2) is 29.2 Å². The molecule has 4 rings (SSSR count). The second kappa shape index (κ2) is 12.5. The smallest absolute Gasteiger partial charge is 0.407 e. The molecule has 1 saturated heterocycles. The summed E-state index contributed by atoms with van der Waals surface area (Å²) in [5, 5.41) is 5.44. The van der Waals surface area contributed by atoms with Crippen LogP contribution < -0.4 is 15.5 Å². The fourth-order valence-electron chi connectivity index (χ4n) is 5.07. The SMILES string of the molecule is C=CC(=O)N1CCN(c2ccc(CCC(=O)NCCNC(=O)OCC3C4CCC#CCCC43)o2)C(=O)C1. The van der Waals surface area contributed by atoms with Gasteiger partial charge in [-0.05, 0) is 42.7 Å². The lowest BCUT2D eigenvalue weighted by Gasteiger charge is -2.32. The summed E-state index contributed by atoms with van der Waals surface area (Å²) in [6, 6.07) is 3.43. The van der Waals surface area contributed by atoms with Crippen molar-refractivity contribution in [1.82, 2.24) is 15.5 Å². The third kappa shape index (κ3) is 7.15. The van der Waals surface area contributed by atoms with Gasteiger partial charge in [-0.15, -0.1) is 11.8 Å². The van der Waals surface area contributed by atoms with Crippen molar-refractivity contribution >= 4 is 29.7 Å². The van der Waals surface area contributed by atoms with E-state index in [4.69, 9.17) is 9.15 Å². The Morgan fingerprint density at radius 2 is 1.84 bits per heavy atom. The van der Waals surface area contributed by atoms with Crippen LogP contribution >= 0.6 is 0 Å². The maximum absolute atomic E-state index is 12.4. The Kier molecular flexibility index (Phi) is 8.88. The number of anilines is 1. The summed E-state index contributed by atoms with van der Waals surface area (Å²) in [4.78, 5) is 51.1. The number of rotatable bonds is 10. The molecule has 2 unspecified atom stereocenters. The van der Waals surface area contributed by atoms with Gasteiger partial charge in [0.05, 0.1) is 6.61 Å². The molecule has 10 nitrogen and oxygen atoms in total.